The van der Waals surface area contributed by atoms with Crippen LogP contribution in [0.2, 0.25) is 0 Å². The fourth-order valence-corrected chi connectivity index (χ4v) is 1.94. The van der Waals surface area contributed by atoms with Gasteiger partial charge in [0.05, 0.1) is 13.2 Å². The van der Waals surface area contributed by atoms with Gasteiger partial charge in [0.15, 0.2) is 5.78 Å². The zero-order chi connectivity index (χ0) is 13.8. The van der Waals surface area contributed by atoms with Crippen molar-refractivity contribution in [1.29, 1.82) is 0 Å². The van der Waals surface area contributed by atoms with Gasteiger partial charge in [0.2, 0.25) is 5.91 Å². The van der Waals surface area contributed by atoms with Crippen LogP contribution >= 0.6 is 17.0 Å². The molecule has 0 unspecified atom stereocenters. The third kappa shape index (κ3) is 4.38. The molecule has 1 aromatic carbocycles. The van der Waals surface area contributed by atoms with Crippen LogP contribution in [0.4, 0.5) is 5.69 Å². The maximum absolute atomic E-state index is 12.1. The summed E-state index contributed by atoms with van der Waals surface area (Å²) in [6.07, 6.45) is 3.83. The van der Waals surface area contributed by atoms with E-state index in [2.05, 4.69) is 5.32 Å². The van der Waals surface area contributed by atoms with Gasteiger partial charge in [-0.05, 0) is 12.1 Å². The van der Waals surface area contributed by atoms with Gasteiger partial charge in [0.25, 0.3) is 0 Å². The first kappa shape index (κ1) is 16.2. The van der Waals surface area contributed by atoms with E-state index < -0.39 is 0 Å². The largest absolute Gasteiger partial charge is 0.362 e. The summed E-state index contributed by atoms with van der Waals surface area (Å²) in [4.78, 5) is 27.1. The van der Waals surface area contributed by atoms with Crippen molar-refractivity contribution in [2.24, 2.45) is 0 Å². The second-order valence-corrected chi connectivity index (χ2v) is 4.63. The number of rotatable bonds is 4. The van der Waals surface area contributed by atoms with Crippen LogP contribution in [0.15, 0.2) is 36.7 Å². The van der Waals surface area contributed by atoms with E-state index in [0.29, 0.717) is 17.8 Å². The minimum Gasteiger partial charge on any atom is -0.362 e. The second kappa shape index (κ2) is 7.09. The number of ketones is 1. The molecule has 1 aromatic rings. The molecule has 1 aliphatic heterocycles. The number of amides is 1. The average Bonchev–Trinajstić information content (AvgIpc) is 2.74. The number of Topliss-reactive ketones (excluding diaryl/α,β-unsaturated/α-hetero) is 1. The van der Waals surface area contributed by atoms with Crippen LogP contribution in [0.25, 0.3) is 0 Å². The summed E-state index contributed by atoms with van der Waals surface area (Å²) >= 11 is 0. The van der Waals surface area contributed by atoms with Gasteiger partial charge in [0, 0.05) is 37.6 Å². The Morgan fingerprint density at radius 3 is 2.65 bits per heavy atom. The molecule has 108 valence electrons. The highest BCUT2D eigenvalue weighted by Gasteiger charge is 2.14. The third-order valence-corrected chi connectivity index (χ3v) is 2.79. The highest BCUT2D eigenvalue weighted by Crippen LogP contribution is 2.13. The molecule has 0 aliphatic carbocycles. The van der Waals surface area contributed by atoms with E-state index in [0.717, 1.165) is 6.67 Å². The minimum absolute atomic E-state index is 0. The van der Waals surface area contributed by atoms with Crippen molar-refractivity contribution < 1.29 is 9.59 Å². The first-order chi connectivity index (χ1) is 9.04. The van der Waals surface area contributed by atoms with E-state index >= 15 is 0 Å². The fourth-order valence-electron chi connectivity index (χ4n) is 1.94. The SMILES string of the molecule is Br.CC(=O)Nc1cccc(C(=O)CN2C=CN(C)C2)c1. The highest BCUT2D eigenvalue weighted by atomic mass is 79.9. The fraction of sp³-hybridized carbons (Fsp3) is 0.286. The number of anilines is 1. The molecule has 0 radical (unpaired) electrons. The van der Waals surface area contributed by atoms with Crippen molar-refractivity contribution >= 4 is 34.4 Å². The first-order valence-electron chi connectivity index (χ1n) is 6.08. The van der Waals surface area contributed by atoms with Crippen LogP contribution < -0.4 is 5.32 Å². The number of hydrogen-bond acceptors (Lipinski definition) is 4. The number of nitrogens with zero attached hydrogens (tertiary/aromatic N) is 2. The predicted molar refractivity (Wildman–Crippen MR) is 83.9 cm³/mol. The summed E-state index contributed by atoms with van der Waals surface area (Å²) in [7, 11) is 1.96. The Labute approximate surface area is 129 Å². The summed E-state index contributed by atoms with van der Waals surface area (Å²) in [6.45, 7) is 2.50. The number of nitrogens with one attached hydrogen (secondary N) is 1. The molecule has 1 heterocycles. The molecule has 1 aliphatic rings. The summed E-state index contributed by atoms with van der Waals surface area (Å²) in [5.41, 5.74) is 1.25. The lowest BCUT2D eigenvalue weighted by atomic mass is 10.1. The van der Waals surface area contributed by atoms with Crippen LogP contribution in [-0.4, -0.2) is 41.8 Å². The molecule has 1 N–H and O–H groups in total. The Morgan fingerprint density at radius 2 is 2.05 bits per heavy atom. The Kier molecular flexibility index (Phi) is 5.76. The summed E-state index contributed by atoms with van der Waals surface area (Å²) in [6, 6.07) is 7.00. The molecule has 0 fully saturated rings. The van der Waals surface area contributed by atoms with E-state index in [1.807, 2.05) is 29.2 Å². The standard InChI is InChI=1S/C14H17N3O2.BrH/c1-11(18)15-13-5-3-4-12(8-13)14(19)9-17-7-6-16(2)10-17;/h3-8H,9-10H2,1-2H3,(H,15,18);1H. The monoisotopic (exact) mass is 339 g/mol. The van der Waals surface area contributed by atoms with Gasteiger partial charge in [-0.25, -0.2) is 0 Å². The molecular weight excluding hydrogens is 322 g/mol. The lowest BCUT2D eigenvalue weighted by molar-refractivity contribution is -0.114. The van der Waals surface area contributed by atoms with Crippen molar-refractivity contribution in [1.82, 2.24) is 9.80 Å². The molecule has 0 saturated heterocycles. The van der Waals surface area contributed by atoms with Gasteiger partial charge in [0.1, 0.15) is 0 Å². The van der Waals surface area contributed by atoms with Crippen LogP contribution in [0.3, 0.4) is 0 Å². The molecule has 6 heteroatoms. The van der Waals surface area contributed by atoms with Crippen LogP contribution in [0.1, 0.15) is 17.3 Å². The number of halogens is 1. The van der Waals surface area contributed by atoms with Gasteiger partial charge in [-0.3, -0.25) is 9.59 Å². The quantitative estimate of drug-likeness (QED) is 0.853. The van der Waals surface area contributed by atoms with Crippen molar-refractivity contribution in [2.45, 2.75) is 6.92 Å². The number of benzene rings is 1. The van der Waals surface area contributed by atoms with E-state index in [9.17, 15) is 9.59 Å². The van der Waals surface area contributed by atoms with Gasteiger partial charge in [-0.2, -0.15) is 0 Å². The molecule has 1 amide bonds. The van der Waals surface area contributed by atoms with Gasteiger partial charge in [-0.1, -0.05) is 12.1 Å². The normalized spacial score (nSPS) is 13.1. The predicted octanol–water partition coefficient (Wildman–Crippen LogP) is 2.08. The lowest BCUT2D eigenvalue weighted by Gasteiger charge is -2.17. The number of hydrogen-bond donors (Lipinski definition) is 1. The van der Waals surface area contributed by atoms with Gasteiger partial charge >= 0.3 is 0 Å². The smallest absolute Gasteiger partial charge is 0.221 e. The molecule has 5 nitrogen and oxygen atoms in total. The molecular formula is C14H18BrN3O2. The van der Waals surface area contributed by atoms with Crippen LogP contribution in [0, 0.1) is 0 Å². The Balaban J connectivity index is 0.00000200. The Hall–Kier alpha value is -1.82. The molecule has 0 saturated carbocycles. The summed E-state index contributed by atoms with van der Waals surface area (Å²) < 4.78 is 0. The summed E-state index contributed by atoms with van der Waals surface area (Å²) in [5.74, 6) is -0.110. The Bertz CT molecular complexity index is 531. The maximum atomic E-state index is 12.1. The van der Waals surface area contributed by atoms with Crippen molar-refractivity contribution in [3.05, 3.63) is 42.2 Å². The Morgan fingerprint density at radius 1 is 1.30 bits per heavy atom. The van der Waals surface area contributed by atoms with E-state index in [1.54, 1.807) is 24.3 Å². The number of carbonyl (C=O) groups excluding carboxylic acids is 2. The van der Waals surface area contributed by atoms with Crippen molar-refractivity contribution in [3.8, 4) is 0 Å². The molecule has 0 aromatic heterocycles. The highest BCUT2D eigenvalue weighted by molar-refractivity contribution is 8.93. The lowest BCUT2D eigenvalue weighted by Crippen LogP contribution is -2.28. The maximum Gasteiger partial charge on any atom is 0.221 e. The second-order valence-electron chi connectivity index (χ2n) is 4.63. The van der Waals surface area contributed by atoms with E-state index in [1.165, 1.54) is 6.92 Å². The van der Waals surface area contributed by atoms with Gasteiger partial charge in [-0.15, -0.1) is 17.0 Å². The van der Waals surface area contributed by atoms with E-state index in [4.69, 9.17) is 0 Å². The topological polar surface area (TPSA) is 52.7 Å². The zero-order valence-electron chi connectivity index (χ0n) is 11.5. The van der Waals surface area contributed by atoms with Crippen LogP contribution in [0.5, 0.6) is 0 Å². The molecule has 20 heavy (non-hydrogen) atoms. The minimum atomic E-state index is -0.145. The molecule has 0 spiro atoms. The van der Waals surface area contributed by atoms with Gasteiger partial charge < -0.3 is 15.1 Å². The molecule has 0 bridgehead atoms. The third-order valence-electron chi connectivity index (χ3n) is 2.79. The van der Waals surface area contributed by atoms with E-state index in [-0.39, 0.29) is 28.7 Å². The zero-order valence-corrected chi connectivity index (χ0v) is 13.2. The van der Waals surface area contributed by atoms with Crippen molar-refractivity contribution in [2.75, 3.05) is 25.6 Å². The van der Waals surface area contributed by atoms with Crippen molar-refractivity contribution in [3.63, 3.8) is 0 Å². The number of carbonyl (C=O) groups is 2. The molecule has 0 atom stereocenters. The van der Waals surface area contributed by atoms with Crippen LogP contribution in [-0.2, 0) is 4.79 Å². The summed E-state index contributed by atoms with van der Waals surface area (Å²) in [5, 5.41) is 2.67. The molecule has 2 rings (SSSR count). The first-order valence-corrected chi connectivity index (χ1v) is 6.08. The average molecular weight is 340 g/mol.